The van der Waals surface area contributed by atoms with E-state index in [0.29, 0.717) is 26.2 Å². The topological polar surface area (TPSA) is 34.5 Å². The molecule has 1 aromatic heterocycles. The van der Waals surface area contributed by atoms with E-state index in [1.165, 1.54) is 12.1 Å². The number of hydrogen-bond donors (Lipinski definition) is 0. The van der Waals surface area contributed by atoms with Crippen molar-refractivity contribution >= 4 is 5.91 Å². The number of benzene rings is 2. The zero-order valence-electron chi connectivity index (χ0n) is 16.3. The maximum absolute atomic E-state index is 13.1. The van der Waals surface area contributed by atoms with Gasteiger partial charge in [-0.15, -0.1) is 6.58 Å². The molecule has 0 unspecified atom stereocenters. The molecule has 0 aliphatic heterocycles. The maximum atomic E-state index is 13.1. The van der Waals surface area contributed by atoms with Gasteiger partial charge >= 0.3 is 0 Å². The Morgan fingerprint density at radius 1 is 1.03 bits per heavy atom. The average molecular weight is 392 g/mol. The molecule has 1 amide bonds. The third kappa shape index (κ3) is 6.16. The van der Waals surface area contributed by atoms with Crippen molar-refractivity contribution in [3.63, 3.8) is 0 Å². The number of halogens is 1. The molecule has 1 heterocycles. The fourth-order valence-electron chi connectivity index (χ4n) is 3.06. The van der Waals surface area contributed by atoms with E-state index in [4.69, 9.17) is 4.74 Å². The number of amides is 1. The van der Waals surface area contributed by atoms with Crippen LogP contribution in [0, 0.1) is 5.82 Å². The summed E-state index contributed by atoms with van der Waals surface area (Å²) in [7, 11) is 0. The van der Waals surface area contributed by atoms with Crippen molar-refractivity contribution in [2.24, 2.45) is 0 Å². The van der Waals surface area contributed by atoms with E-state index in [9.17, 15) is 9.18 Å². The number of hydrogen-bond acceptors (Lipinski definition) is 2. The summed E-state index contributed by atoms with van der Waals surface area (Å²) in [5.41, 5.74) is 3.02. The van der Waals surface area contributed by atoms with Gasteiger partial charge in [0.15, 0.2) is 0 Å². The number of carbonyl (C=O) groups excluding carboxylic acids is 1. The van der Waals surface area contributed by atoms with Crippen molar-refractivity contribution in [3.8, 4) is 0 Å². The molecule has 0 fully saturated rings. The van der Waals surface area contributed by atoms with E-state index < -0.39 is 0 Å². The molecule has 0 aliphatic rings. The van der Waals surface area contributed by atoms with E-state index in [2.05, 4.69) is 11.1 Å². The van der Waals surface area contributed by atoms with Crippen LogP contribution in [0.25, 0.3) is 0 Å². The van der Waals surface area contributed by atoms with Gasteiger partial charge in [0.1, 0.15) is 12.4 Å². The Morgan fingerprint density at radius 3 is 2.52 bits per heavy atom. The predicted molar refractivity (Wildman–Crippen MR) is 112 cm³/mol. The first-order valence-corrected chi connectivity index (χ1v) is 9.54. The number of aromatic nitrogens is 1. The third-order valence-corrected chi connectivity index (χ3v) is 4.58. The van der Waals surface area contributed by atoms with E-state index in [-0.39, 0.29) is 18.3 Å². The minimum absolute atomic E-state index is 0.0153. The van der Waals surface area contributed by atoms with Crippen LogP contribution in [-0.2, 0) is 29.2 Å². The van der Waals surface area contributed by atoms with Gasteiger partial charge in [0, 0.05) is 25.0 Å². The van der Waals surface area contributed by atoms with Crippen LogP contribution in [0.2, 0.25) is 0 Å². The molecule has 0 radical (unpaired) electrons. The highest BCUT2D eigenvalue weighted by atomic mass is 19.1. The van der Waals surface area contributed by atoms with Crippen molar-refractivity contribution < 1.29 is 13.9 Å². The monoisotopic (exact) mass is 392 g/mol. The van der Waals surface area contributed by atoms with E-state index in [0.717, 1.165) is 16.8 Å². The highest BCUT2D eigenvalue weighted by Gasteiger charge is 2.15. The Hall–Kier alpha value is -3.18. The van der Waals surface area contributed by atoms with Gasteiger partial charge in [0.25, 0.3) is 0 Å². The predicted octanol–water partition coefficient (Wildman–Crippen LogP) is 4.41. The van der Waals surface area contributed by atoms with Crippen LogP contribution in [0.4, 0.5) is 4.39 Å². The SMILES string of the molecule is C=CCN(Cc1cccn1Cc1ccc(F)cc1)C(=O)COCc1ccccc1. The standard InChI is InChI=1S/C24H25FN2O2/c1-2-14-27(24(28)19-29-18-21-7-4-3-5-8-21)17-23-9-6-15-26(23)16-20-10-12-22(25)13-11-20/h2-13,15H,1,14,16-19H2. The summed E-state index contributed by atoms with van der Waals surface area (Å²) < 4.78 is 20.8. The Bertz CT molecular complexity index is 920. The highest BCUT2D eigenvalue weighted by Crippen LogP contribution is 2.12. The van der Waals surface area contributed by atoms with E-state index in [1.54, 1.807) is 23.1 Å². The summed E-state index contributed by atoms with van der Waals surface area (Å²) in [6, 6.07) is 20.1. The Labute approximate surface area is 170 Å². The van der Waals surface area contributed by atoms with Crippen molar-refractivity contribution in [2.75, 3.05) is 13.2 Å². The Balaban J connectivity index is 1.59. The summed E-state index contributed by atoms with van der Waals surface area (Å²) in [6.45, 7) is 5.68. The smallest absolute Gasteiger partial charge is 0.249 e. The second-order valence-corrected chi connectivity index (χ2v) is 6.80. The molecule has 0 spiro atoms. The summed E-state index contributed by atoms with van der Waals surface area (Å²) in [4.78, 5) is 14.4. The lowest BCUT2D eigenvalue weighted by Crippen LogP contribution is -2.34. The van der Waals surface area contributed by atoms with Crippen LogP contribution in [0.1, 0.15) is 16.8 Å². The second kappa shape index (κ2) is 10.4. The summed E-state index contributed by atoms with van der Waals surface area (Å²) in [6.07, 6.45) is 3.67. The Morgan fingerprint density at radius 2 is 1.79 bits per heavy atom. The third-order valence-electron chi connectivity index (χ3n) is 4.58. The zero-order valence-corrected chi connectivity index (χ0v) is 16.3. The van der Waals surface area contributed by atoms with Crippen LogP contribution in [0.15, 0.2) is 85.6 Å². The number of rotatable bonds is 10. The number of carbonyl (C=O) groups is 1. The molecule has 0 atom stereocenters. The van der Waals surface area contributed by atoms with Gasteiger partial charge in [-0.2, -0.15) is 0 Å². The van der Waals surface area contributed by atoms with Gasteiger partial charge < -0.3 is 14.2 Å². The van der Waals surface area contributed by atoms with Crippen LogP contribution in [0.5, 0.6) is 0 Å². The molecular weight excluding hydrogens is 367 g/mol. The number of ether oxygens (including phenoxy) is 1. The van der Waals surface area contributed by atoms with E-state index in [1.807, 2.05) is 48.7 Å². The first kappa shape index (κ1) is 20.6. The van der Waals surface area contributed by atoms with Crippen molar-refractivity contribution in [1.29, 1.82) is 0 Å². The molecule has 0 N–H and O–H groups in total. The number of nitrogens with zero attached hydrogens (tertiary/aromatic N) is 2. The lowest BCUT2D eigenvalue weighted by molar-refractivity contribution is -0.136. The van der Waals surface area contributed by atoms with Crippen molar-refractivity contribution in [3.05, 3.63) is 108 Å². The van der Waals surface area contributed by atoms with Gasteiger partial charge in [0.2, 0.25) is 5.91 Å². The minimum Gasteiger partial charge on any atom is -0.367 e. The zero-order chi connectivity index (χ0) is 20.5. The van der Waals surface area contributed by atoms with Crippen molar-refractivity contribution in [1.82, 2.24) is 9.47 Å². The van der Waals surface area contributed by atoms with Gasteiger partial charge in [0.05, 0.1) is 13.2 Å². The quantitative estimate of drug-likeness (QED) is 0.479. The van der Waals surface area contributed by atoms with Gasteiger partial charge in [-0.1, -0.05) is 48.5 Å². The summed E-state index contributed by atoms with van der Waals surface area (Å²) >= 11 is 0. The first-order chi connectivity index (χ1) is 14.2. The molecule has 29 heavy (non-hydrogen) atoms. The fraction of sp³-hybridized carbons (Fsp3) is 0.208. The minimum atomic E-state index is -0.250. The molecule has 5 heteroatoms. The van der Waals surface area contributed by atoms with Gasteiger partial charge in [-0.3, -0.25) is 4.79 Å². The molecule has 0 saturated carbocycles. The molecule has 4 nitrogen and oxygen atoms in total. The van der Waals surface area contributed by atoms with Crippen LogP contribution < -0.4 is 0 Å². The average Bonchev–Trinajstić information content (AvgIpc) is 3.16. The Kier molecular flexibility index (Phi) is 7.36. The maximum Gasteiger partial charge on any atom is 0.249 e. The summed E-state index contributed by atoms with van der Waals surface area (Å²) in [5, 5.41) is 0. The van der Waals surface area contributed by atoms with Crippen LogP contribution >= 0.6 is 0 Å². The molecule has 3 aromatic rings. The van der Waals surface area contributed by atoms with Gasteiger partial charge in [-0.25, -0.2) is 4.39 Å². The van der Waals surface area contributed by atoms with E-state index >= 15 is 0 Å². The second-order valence-electron chi connectivity index (χ2n) is 6.80. The molecule has 3 rings (SSSR count). The molecule has 2 aromatic carbocycles. The molecule has 0 aliphatic carbocycles. The van der Waals surface area contributed by atoms with Crippen LogP contribution in [-0.4, -0.2) is 28.5 Å². The lowest BCUT2D eigenvalue weighted by Gasteiger charge is -2.22. The molecule has 0 bridgehead atoms. The lowest BCUT2D eigenvalue weighted by atomic mass is 10.2. The van der Waals surface area contributed by atoms with Crippen LogP contribution in [0.3, 0.4) is 0 Å². The van der Waals surface area contributed by atoms with Gasteiger partial charge in [-0.05, 0) is 35.4 Å². The molecule has 0 saturated heterocycles. The summed E-state index contributed by atoms with van der Waals surface area (Å²) in [5.74, 6) is -0.338. The molecular formula is C24H25FN2O2. The normalized spacial score (nSPS) is 10.7. The first-order valence-electron chi connectivity index (χ1n) is 9.54. The largest absolute Gasteiger partial charge is 0.367 e. The van der Waals surface area contributed by atoms with Crippen molar-refractivity contribution in [2.45, 2.75) is 19.7 Å². The molecule has 150 valence electrons. The highest BCUT2D eigenvalue weighted by molar-refractivity contribution is 5.77. The fourth-order valence-corrected chi connectivity index (χ4v) is 3.06.